The molecule has 0 radical (unpaired) electrons. The van der Waals surface area contributed by atoms with Gasteiger partial charge in [-0.2, -0.15) is 0 Å². The Morgan fingerprint density at radius 2 is 1.88 bits per heavy atom. The third-order valence-corrected chi connectivity index (χ3v) is 8.57. The topological polar surface area (TPSA) is 49.9 Å². The first kappa shape index (κ1) is 23.1. The Hall–Kier alpha value is -2.64. The van der Waals surface area contributed by atoms with E-state index in [0.717, 1.165) is 27.0 Å². The Labute approximate surface area is 212 Å². The summed E-state index contributed by atoms with van der Waals surface area (Å²) in [7, 11) is 1.64. The molecule has 176 valence electrons. The lowest BCUT2D eigenvalue weighted by Gasteiger charge is -2.43. The standard InChI is InChI=1S/C27H27BrN2O3S/c1-17-7-9-19(10-8-17)30-25(31)12-11-21(26(30)20-5-3-4-6-22(20)33-2)27(32)29-14-13-23-18(16-29)15-24(28)34-23/h3-10,15,21,26H,11-14,16H2,1-2H3. The van der Waals surface area contributed by atoms with Crippen molar-refractivity contribution in [2.75, 3.05) is 18.6 Å². The lowest BCUT2D eigenvalue weighted by molar-refractivity contribution is -0.139. The van der Waals surface area contributed by atoms with Crippen molar-refractivity contribution in [3.8, 4) is 5.75 Å². The van der Waals surface area contributed by atoms with Gasteiger partial charge in [-0.05, 0) is 65.5 Å². The molecule has 1 fully saturated rings. The SMILES string of the molecule is COc1ccccc1C1C(C(=O)N2CCc3sc(Br)cc3C2)CCC(=O)N1c1ccc(C)cc1. The number of piperidine rings is 1. The Balaban J connectivity index is 1.55. The Morgan fingerprint density at radius 3 is 2.65 bits per heavy atom. The van der Waals surface area contributed by atoms with Crippen LogP contribution in [-0.4, -0.2) is 30.4 Å². The van der Waals surface area contributed by atoms with E-state index in [-0.39, 0.29) is 17.7 Å². The molecule has 2 amide bonds. The monoisotopic (exact) mass is 538 g/mol. The number of hydrogen-bond acceptors (Lipinski definition) is 4. The predicted molar refractivity (Wildman–Crippen MR) is 138 cm³/mol. The molecule has 2 unspecified atom stereocenters. The maximum Gasteiger partial charge on any atom is 0.228 e. The molecule has 7 heteroatoms. The highest BCUT2D eigenvalue weighted by Crippen LogP contribution is 2.44. The third-order valence-electron chi connectivity index (χ3n) is 6.83. The number of anilines is 1. The minimum atomic E-state index is -0.428. The van der Waals surface area contributed by atoms with Crippen LogP contribution in [0.15, 0.2) is 58.4 Å². The van der Waals surface area contributed by atoms with E-state index in [0.29, 0.717) is 31.7 Å². The Bertz CT molecular complexity index is 1220. The number of carbonyl (C=O) groups excluding carboxylic acids is 2. The van der Waals surface area contributed by atoms with Crippen LogP contribution in [0.2, 0.25) is 0 Å². The number of ether oxygens (including phenoxy) is 1. The number of nitrogens with zero attached hydrogens (tertiary/aromatic N) is 2. The van der Waals surface area contributed by atoms with Crippen LogP contribution in [0.1, 0.15) is 40.5 Å². The number of fused-ring (bicyclic) bond motifs is 1. The molecule has 34 heavy (non-hydrogen) atoms. The zero-order valence-electron chi connectivity index (χ0n) is 19.3. The summed E-state index contributed by atoms with van der Waals surface area (Å²) in [6.45, 7) is 3.34. The van der Waals surface area contributed by atoms with Crippen LogP contribution in [0.3, 0.4) is 0 Å². The van der Waals surface area contributed by atoms with E-state index >= 15 is 0 Å². The highest BCUT2D eigenvalue weighted by atomic mass is 79.9. The van der Waals surface area contributed by atoms with Gasteiger partial charge in [0.05, 0.1) is 22.9 Å². The Morgan fingerprint density at radius 1 is 1.12 bits per heavy atom. The number of rotatable bonds is 4. The van der Waals surface area contributed by atoms with Gasteiger partial charge in [0.15, 0.2) is 0 Å². The van der Waals surface area contributed by atoms with Gasteiger partial charge >= 0.3 is 0 Å². The second kappa shape index (κ2) is 9.55. The number of hydrogen-bond donors (Lipinski definition) is 0. The fourth-order valence-corrected chi connectivity index (χ4v) is 6.89. The molecular weight excluding hydrogens is 512 g/mol. The number of halogens is 1. The van der Waals surface area contributed by atoms with Crippen molar-refractivity contribution >= 4 is 44.8 Å². The molecule has 1 saturated heterocycles. The molecule has 0 saturated carbocycles. The number of thiophene rings is 1. The molecule has 0 aliphatic carbocycles. The maximum atomic E-state index is 14.0. The molecular formula is C27H27BrN2O3S. The van der Waals surface area contributed by atoms with Gasteiger partial charge in [0, 0.05) is 35.6 Å². The highest BCUT2D eigenvalue weighted by molar-refractivity contribution is 9.11. The molecule has 2 aromatic carbocycles. The average Bonchev–Trinajstić information content (AvgIpc) is 3.23. The Kier molecular flexibility index (Phi) is 6.49. The van der Waals surface area contributed by atoms with Crippen molar-refractivity contribution in [1.82, 2.24) is 4.90 Å². The number of benzene rings is 2. The summed E-state index contributed by atoms with van der Waals surface area (Å²) in [5.41, 5.74) is 4.02. The molecule has 2 atom stereocenters. The molecule has 2 aliphatic heterocycles. The summed E-state index contributed by atoms with van der Waals surface area (Å²) in [4.78, 5) is 32.5. The fourth-order valence-electron chi connectivity index (χ4n) is 5.15. The van der Waals surface area contributed by atoms with E-state index < -0.39 is 6.04 Å². The van der Waals surface area contributed by atoms with E-state index in [9.17, 15) is 9.59 Å². The van der Waals surface area contributed by atoms with Gasteiger partial charge in [-0.25, -0.2) is 0 Å². The van der Waals surface area contributed by atoms with Crippen molar-refractivity contribution in [3.05, 3.63) is 80.0 Å². The largest absolute Gasteiger partial charge is 0.496 e. The van der Waals surface area contributed by atoms with Crippen molar-refractivity contribution < 1.29 is 14.3 Å². The molecule has 0 spiro atoms. The van der Waals surface area contributed by atoms with Gasteiger partial charge < -0.3 is 14.5 Å². The van der Waals surface area contributed by atoms with E-state index in [2.05, 4.69) is 22.0 Å². The molecule has 3 aromatic rings. The number of para-hydroxylation sites is 1. The van der Waals surface area contributed by atoms with Crippen molar-refractivity contribution in [2.45, 2.75) is 38.8 Å². The highest BCUT2D eigenvalue weighted by Gasteiger charge is 2.44. The predicted octanol–water partition coefficient (Wildman–Crippen LogP) is 5.90. The van der Waals surface area contributed by atoms with Gasteiger partial charge in [-0.3, -0.25) is 9.59 Å². The van der Waals surface area contributed by atoms with Crippen LogP contribution in [0, 0.1) is 12.8 Å². The molecule has 5 rings (SSSR count). The second-order valence-corrected chi connectivity index (χ2v) is 11.5. The van der Waals surface area contributed by atoms with Crippen molar-refractivity contribution in [3.63, 3.8) is 0 Å². The summed E-state index contributed by atoms with van der Waals surface area (Å²) < 4.78 is 6.80. The van der Waals surface area contributed by atoms with Crippen LogP contribution in [0.5, 0.6) is 5.75 Å². The minimum Gasteiger partial charge on any atom is -0.496 e. The first-order valence-corrected chi connectivity index (χ1v) is 13.1. The van der Waals surface area contributed by atoms with E-state index in [4.69, 9.17) is 4.74 Å². The summed E-state index contributed by atoms with van der Waals surface area (Å²) in [6.07, 6.45) is 1.74. The van der Waals surface area contributed by atoms with Gasteiger partial charge in [0.25, 0.3) is 0 Å². The van der Waals surface area contributed by atoms with E-state index in [1.807, 2.05) is 65.3 Å². The normalized spacial score (nSPS) is 20.3. The van der Waals surface area contributed by atoms with Crippen LogP contribution >= 0.6 is 27.3 Å². The van der Waals surface area contributed by atoms with Crippen LogP contribution in [0.25, 0.3) is 0 Å². The molecule has 0 bridgehead atoms. The molecule has 1 aromatic heterocycles. The first-order valence-electron chi connectivity index (χ1n) is 11.5. The van der Waals surface area contributed by atoms with E-state index in [1.54, 1.807) is 18.4 Å². The summed E-state index contributed by atoms with van der Waals surface area (Å²) >= 11 is 5.33. The summed E-state index contributed by atoms with van der Waals surface area (Å²) in [5, 5.41) is 0. The average molecular weight is 539 g/mol. The second-order valence-electron chi connectivity index (χ2n) is 8.94. The molecule has 5 nitrogen and oxygen atoms in total. The van der Waals surface area contributed by atoms with E-state index in [1.165, 1.54) is 10.4 Å². The quantitative estimate of drug-likeness (QED) is 0.415. The maximum absolute atomic E-state index is 14.0. The fraction of sp³-hybridized carbons (Fsp3) is 0.333. The zero-order valence-corrected chi connectivity index (χ0v) is 21.7. The van der Waals surface area contributed by atoms with Crippen LogP contribution in [0.4, 0.5) is 5.69 Å². The molecule has 3 heterocycles. The third kappa shape index (κ3) is 4.27. The minimum absolute atomic E-state index is 0.0338. The summed E-state index contributed by atoms with van der Waals surface area (Å²) in [5.74, 6) is 0.485. The van der Waals surface area contributed by atoms with Gasteiger partial charge in [0.1, 0.15) is 5.75 Å². The van der Waals surface area contributed by atoms with Crippen LogP contribution in [-0.2, 0) is 22.6 Å². The smallest absolute Gasteiger partial charge is 0.228 e. The summed E-state index contributed by atoms with van der Waals surface area (Å²) in [6, 6.07) is 17.4. The van der Waals surface area contributed by atoms with Crippen LogP contribution < -0.4 is 9.64 Å². The van der Waals surface area contributed by atoms with Crippen molar-refractivity contribution in [1.29, 1.82) is 0 Å². The first-order chi connectivity index (χ1) is 16.5. The number of aryl methyl sites for hydroxylation is 1. The molecule has 0 N–H and O–H groups in total. The van der Waals surface area contributed by atoms with Gasteiger partial charge in [-0.1, -0.05) is 35.9 Å². The van der Waals surface area contributed by atoms with Gasteiger partial charge in [0.2, 0.25) is 11.8 Å². The molecule has 2 aliphatic rings. The zero-order chi connectivity index (χ0) is 23.8. The lowest BCUT2D eigenvalue weighted by atomic mass is 9.82. The number of methoxy groups -OCH3 is 1. The lowest BCUT2D eigenvalue weighted by Crippen LogP contribution is -2.50. The van der Waals surface area contributed by atoms with Crippen molar-refractivity contribution in [2.24, 2.45) is 5.92 Å². The van der Waals surface area contributed by atoms with Gasteiger partial charge in [-0.15, -0.1) is 11.3 Å². The number of carbonyl (C=O) groups is 2. The number of amides is 2.